The summed E-state index contributed by atoms with van der Waals surface area (Å²) in [5, 5.41) is 17.4. The van der Waals surface area contributed by atoms with E-state index >= 15 is 0 Å². The van der Waals surface area contributed by atoms with E-state index < -0.39 is 0 Å². The molecule has 1 aliphatic carbocycles. The average molecular weight is 455 g/mol. The minimum absolute atomic E-state index is 0.00738. The number of likely N-dealkylation sites (tertiary alicyclic amines) is 1. The van der Waals surface area contributed by atoms with Crippen molar-refractivity contribution in [1.29, 1.82) is 5.26 Å². The molecule has 5 heterocycles. The van der Waals surface area contributed by atoms with Gasteiger partial charge >= 0.3 is 6.03 Å². The van der Waals surface area contributed by atoms with Crippen LogP contribution in [0.4, 0.5) is 10.6 Å². The molecule has 0 radical (unpaired) electrons. The molecule has 6 rings (SSSR count). The Morgan fingerprint density at radius 1 is 1.15 bits per heavy atom. The highest BCUT2D eigenvalue weighted by molar-refractivity contribution is 5.76. The first-order chi connectivity index (χ1) is 16.5. The van der Waals surface area contributed by atoms with E-state index in [4.69, 9.17) is 10.8 Å². The predicted octanol–water partition coefficient (Wildman–Crippen LogP) is 2.93. The van der Waals surface area contributed by atoms with Gasteiger partial charge in [-0.2, -0.15) is 10.4 Å². The number of hydrogen-bond donors (Lipinski definition) is 2. The Bertz CT molecular complexity index is 1310. The minimum Gasteiger partial charge on any atom is -0.383 e. The van der Waals surface area contributed by atoms with Crippen molar-refractivity contribution in [2.75, 3.05) is 18.8 Å². The van der Waals surface area contributed by atoms with Crippen LogP contribution >= 0.6 is 0 Å². The lowest BCUT2D eigenvalue weighted by molar-refractivity contribution is 0.154. The van der Waals surface area contributed by atoms with Gasteiger partial charge in [-0.05, 0) is 61.9 Å². The molecule has 9 heteroatoms. The summed E-state index contributed by atoms with van der Waals surface area (Å²) in [5.74, 6) is 0.225. The van der Waals surface area contributed by atoms with Crippen molar-refractivity contribution < 1.29 is 4.79 Å². The summed E-state index contributed by atoms with van der Waals surface area (Å²) in [7, 11) is 0. The van der Waals surface area contributed by atoms with Gasteiger partial charge in [0.15, 0.2) is 0 Å². The van der Waals surface area contributed by atoms with Gasteiger partial charge in [0.1, 0.15) is 11.9 Å². The number of fused-ring (bicyclic) bond motifs is 2. The highest BCUT2D eigenvalue weighted by Crippen LogP contribution is 2.45. The molecular formula is C25H26N8O. The fourth-order valence-electron chi connectivity index (χ4n) is 5.74. The van der Waals surface area contributed by atoms with Gasteiger partial charge in [0.25, 0.3) is 0 Å². The molecule has 34 heavy (non-hydrogen) atoms. The average Bonchev–Trinajstić information content (AvgIpc) is 3.54. The summed E-state index contributed by atoms with van der Waals surface area (Å²) in [4.78, 5) is 23.6. The number of aryl methyl sites for hydroxylation is 1. The van der Waals surface area contributed by atoms with Crippen molar-refractivity contribution in [2.24, 2.45) is 0 Å². The normalized spacial score (nSPS) is 22.3. The second-order valence-corrected chi connectivity index (χ2v) is 9.71. The lowest BCUT2D eigenvalue weighted by Gasteiger charge is -2.43. The van der Waals surface area contributed by atoms with Crippen LogP contribution in [0.2, 0.25) is 0 Å². The van der Waals surface area contributed by atoms with Crippen LogP contribution in [0.25, 0.3) is 11.3 Å². The summed E-state index contributed by atoms with van der Waals surface area (Å²) in [6.07, 6.45) is 10.2. The molecule has 9 nitrogen and oxygen atoms in total. The standard InChI is InChI=1S/C25H26N8O/c26-14-17-12-18(15-29-22(17)27)20-13-21-24(7-11-33(21)31-20)6-10-32(16-24)23(34)30-25(4-1-5-25)19-2-8-28-9-3-19/h2-3,8-9,12-13,15H,1,4-7,10-11,16H2,(H2,27,29)(H,30,34). The van der Waals surface area contributed by atoms with Gasteiger partial charge in [0.2, 0.25) is 0 Å². The van der Waals surface area contributed by atoms with Crippen LogP contribution in [0.3, 0.4) is 0 Å². The largest absolute Gasteiger partial charge is 0.383 e. The van der Waals surface area contributed by atoms with Crippen molar-refractivity contribution in [3.8, 4) is 17.3 Å². The Kier molecular flexibility index (Phi) is 4.59. The Hall–Kier alpha value is -3.93. The van der Waals surface area contributed by atoms with Gasteiger partial charge in [0.05, 0.1) is 16.8 Å². The second kappa shape index (κ2) is 7.55. The van der Waals surface area contributed by atoms with Gasteiger partial charge in [0, 0.05) is 54.9 Å². The number of hydrogen-bond acceptors (Lipinski definition) is 6. The van der Waals surface area contributed by atoms with Crippen molar-refractivity contribution in [3.63, 3.8) is 0 Å². The van der Waals surface area contributed by atoms with Gasteiger partial charge < -0.3 is 16.0 Å². The molecule has 1 saturated heterocycles. The zero-order valence-electron chi connectivity index (χ0n) is 18.9. The molecule has 2 fully saturated rings. The summed E-state index contributed by atoms with van der Waals surface area (Å²) >= 11 is 0. The molecule has 0 aromatic carbocycles. The zero-order valence-corrected chi connectivity index (χ0v) is 18.9. The number of nitrogens with two attached hydrogens (primary N) is 1. The number of carbonyl (C=O) groups excluding carboxylic acids is 1. The lowest BCUT2D eigenvalue weighted by Crippen LogP contribution is -2.54. The van der Waals surface area contributed by atoms with Gasteiger partial charge in [-0.3, -0.25) is 9.67 Å². The van der Waals surface area contributed by atoms with E-state index in [9.17, 15) is 10.1 Å². The van der Waals surface area contributed by atoms with Gasteiger partial charge in [-0.25, -0.2) is 9.78 Å². The number of rotatable bonds is 3. The molecule has 3 aliphatic rings. The van der Waals surface area contributed by atoms with E-state index in [1.807, 2.05) is 21.7 Å². The Balaban J connectivity index is 1.22. The number of nitrogen functional groups attached to an aromatic ring is 1. The molecule has 1 saturated carbocycles. The third kappa shape index (κ3) is 3.13. The van der Waals surface area contributed by atoms with Crippen molar-refractivity contribution in [2.45, 2.75) is 49.6 Å². The van der Waals surface area contributed by atoms with E-state index in [0.717, 1.165) is 67.7 Å². The van der Waals surface area contributed by atoms with E-state index in [1.54, 1.807) is 24.7 Å². The maximum Gasteiger partial charge on any atom is 0.318 e. The lowest BCUT2D eigenvalue weighted by atomic mass is 9.72. The topological polar surface area (TPSA) is 126 Å². The number of nitriles is 1. The molecular weight excluding hydrogens is 428 g/mol. The van der Waals surface area contributed by atoms with Gasteiger partial charge in [-0.1, -0.05) is 0 Å². The van der Waals surface area contributed by atoms with Crippen LogP contribution < -0.4 is 11.1 Å². The van der Waals surface area contributed by atoms with Gasteiger partial charge in [-0.15, -0.1) is 0 Å². The third-order valence-corrected chi connectivity index (χ3v) is 7.89. The first-order valence-corrected chi connectivity index (χ1v) is 11.7. The molecule has 1 atom stereocenters. The number of amides is 2. The molecule has 1 unspecified atom stereocenters. The van der Waals surface area contributed by atoms with Crippen molar-refractivity contribution in [1.82, 2.24) is 30.0 Å². The molecule has 2 aliphatic heterocycles. The quantitative estimate of drug-likeness (QED) is 0.627. The third-order valence-electron chi connectivity index (χ3n) is 7.89. The number of pyridine rings is 2. The molecule has 3 aromatic rings. The highest BCUT2D eigenvalue weighted by Gasteiger charge is 2.48. The molecule has 0 bridgehead atoms. The van der Waals surface area contributed by atoms with Crippen LogP contribution in [0.15, 0.2) is 42.9 Å². The van der Waals surface area contributed by atoms with Crippen LogP contribution in [0.1, 0.15) is 48.9 Å². The van der Waals surface area contributed by atoms with Crippen LogP contribution in [-0.4, -0.2) is 43.8 Å². The summed E-state index contributed by atoms with van der Waals surface area (Å²) in [6, 6.07) is 9.93. The first-order valence-electron chi connectivity index (χ1n) is 11.7. The zero-order chi connectivity index (χ0) is 23.3. The predicted molar refractivity (Wildman–Crippen MR) is 125 cm³/mol. The smallest absolute Gasteiger partial charge is 0.318 e. The fraction of sp³-hybridized carbons (Fsp3) is 0.400. The monoisotopic (exact) mass is 454 g/mol. The molecule has 3 N–H and O–H groups in total. The summed E-state index contributed by atoms with van der Waals surface area (Å²) < 4.78 is 2.05. The second-order valence-electron chi connectivity index (χ2n) is 9.71. The van der Waals surface area contributed by atoms with Crippen molar-refractivity contribution >= 4 is 11.8 Å². The Morgan fingerprint density at radius 2 is 1.94 bits per heavy atom. The fourth-order valence-corrected chi connectivity index (χ4v) is 5.74. The number of aromatic nitrogens is 4. The molecule has 3 aromatic heterocycles. The van der Waals surface area contributed by atoms with E-state index in [1.165, 1.54) is 0 Å². The molecule has 172 valence electrons. The van der Waals surface area contributed by atoms with E-state index in [-0.39, 0.29) is 22.8 Å². The van der Waals surface area contributed by atoms with Crippen molar-refractivity contribution in [3.05, 3.63) is 59.7 Å². The summed E-state index contributed by atoms with van der Waals surface area (Å²) in [5.41, 5.74) is 9.61. The summed E-state index contributed by atoms with van der Waals surface area (Å²) in [6.45, 7) is 2.22. The number of carbonyl (C=O) groups is 1. The van der Waals surface area contributed by atoms with Crippen LogP contribution in [0, 0.1) is 11.3 Å². The number of urea groups is 1. The molecule has 1 spiro atoms. The minimum atomic E-state index is -0.277. The van der Waals surface area contributed by atoms with E-state index in [0.29, 0.717) is 12.1 Å². The Morgan fingerprint density at radius 3 is 2.68 bits per heavy atom. The van der Waals surface area contributed by atoms with Crippen LogP contribution in [-0.2, 0) is 17.5 Å². The van der Waals surface area contributed by atoms with Crippen LogP contribution in [0.5, 0.6) is 0 Å². The number of nitrogens with one attached hydrogen (secondary N) is 1. The number of nitrogens with zero attached hydrogens (tertiary/aromatic N) is 6. The SMILES string of the molecule is N#Cc1cc(-c2cc3n(n2)CCC32CCN(C(=O)NC3(c4ccncc4)CCC3)C2)cnc1N. The maximum absolute atomic E-state index is 13.3. The first kappa shape index (κ1) is 20.7. The molecule has 2 amide bonds. The maximum atomic E-state index is 13.3. The highest BCUT2D eigenvalue weighted by atomic mass is 16.2. The Labute approximate surface area is 197 Å². The van der Waals surface area contributed by atoms with E-state index in [2.05, 4.69) is 27.4 Å². The number of anilines is 1.